The van der Waals surface area contributed by atoms with Crippen LogP contribution in [0.1, 0.15) is 5.56 Å². The summed E-state index contributed by atoms with van der Waals surface area (Å²) >= 11 is 5.96. The van der Waals surface area contributed by atoms with E-state index in [1.54, 1.807) is 19.1 Å². The van der Waals surface area contributed by atoms with Gasteiger partial charge in [-0.1, -0.05) is 17.7 Å². The molecule has 7 nitrogen and oxygen atoms in total. The predicted molar refractivity (Wildman–Crippen MR) is 76.9 cm³/mol. The molecule has 22 heavy (non-hydrogen) atoms. The number of halogens is 1. The Morgan fingerprint density at radius 1 is 1.27 bits per heavy atom. The van der Waals surface area contributed by atoms with Crippen LogP contribution < -0.4 is 0 Å². The highest BCUT2D eigenvalue weighted by Gasteiger charge is 2.47. The van der Waals surface area contributed by atoms with E-state index in [1.807, 2.05) is 0 Å². The third-order valence-electron chi connectivity index (χ3n) is 3.81. The fourth-order valence-corrected chi connectivity index (χ4v) is 4.49. The first-order valence-electron chi connectivity index (χ1n) is 6.56. The topological polar surface area (TPSA) is 84.0 Å². The molecule has 0 spiro atoms. The quantitative estimate of drug-likeness (QED) is 0.816. The largest absolute Gasteiger partial charge is 0.439 e. The third-order valence-corrected chi connectivity index (χ3v) is 6.20. The highest BCUT2D eigenvalue weighted by atomic mass is 35.5. The van der Waals surface area contributed by atoms with E-state index in [9.17, 15) is 18.0 Å². The van der Waals surface area contributed by atoms with Gasteiger partial charge in [0.2, 0.25) is 10.0 Å². The van der Waals surface area contributed by atoms with Crippen LogP contribution in [0.2, 0.25) is 5.02 Å². The molecule has 1 aromatic carbocycles. The maximum absolute atomic E-state index is 12.6. The number of nitrogens with zero attached hydrogens (tertiary/aromatic N) is 2. The molecule has 0 atom stereocenters. The van der Waals surface area contributed by atoms with Gasteiger partial charge in [-0.2, -0.15) is 4.31 Å². The number of carbonyl (C=O) groups excluding carboxylic acids is 2. The van der Waals surface area contributed by atoms with Crippen molar-refractivity contribution in [3.63, 3.8) is 0 Å². The SMILES string of the molecule is Cc1c(Cl)cccc1S(=O)(=O)N1CC(N2C(=O)COC2=O)C1. The Bertz CT molecular complexity index is 742. The molecule has 0 bridgehead atoms. The number of hydrogen-bond donors (Lipinski definition) is 0. The van der Waals surface area contributed by atoms with Crippen molar-refractivity contribution in [2.75, 3.05) is 19.7 Å². The first-order chi connectivity index (χ1) is 10.3. The van der Waals surface area contributed by atoms with Gasteiger partial charge in [0, 0.05) is 18.1 Å². The Hall–Kier alpha value is -1.64. The van der Waals surface area contributed by atoms with Gasteiger partial charge in [-0.25, -0.2) is 18.1 Å². The maximum Gasteiger partial charge on any atom is 0.417 e. The Morgan fingerprint density at radius 3 is 2.55 bits per heavy atom. The average Bonchev–Trinajstić information content (AvgIpc) is 2.72. The molecule has 0 saturated carbocycles. The Balaban J connectivity index is 1.78. The number of sulfonamides is 1. The highest BCUT2D eigenvalue weighted by Crippen LogP contribution is 2.30. The van der Waals surface area contributed by atoms with Crippen LogP contribution in [0.3, 0.4) is 0 Å². The maximum atomic E-state index is 12.6. The number of benzene rings is 1. The summed E-state index contributed by atoms with van der Waals surface area (Å²) in [7, 11) is -3.69. The van der Waals surface area contributed by atoms with Crippen molar-refractivity contribution in [3.8, 4) is 0 Å². The molecular formula is C13H13ClN2O5S. The summed E-state index contributed by atoms with van der Waals surface area (Å²) in [5, 5.41) is 0.372. The fraction of sp³-hybridized carbons (Fsp3) is 0.385. The van der Waals surface area contributed by atoms with Crippen LogP contribution in [0.4, 0.5) is 4.79 Å². The Morgan fingerprint density at radius 2 is 1.95 bits per heavy atom. The number of imide groups is 1. The van der Waals surface area contributed by atoms with E-state index in [1.165, 1.54) is 10.4 Å². The minimum atomic E-state index is -3.69. The Labute approximate surface area is 132 Å². The second kappa shape index (κ2) is 5.22. The minimum absolute atomic E-state index is 0.0646. The minimum Gasteiger partial charge on any atom is -0.439 e. The van der Waals surface area contributed by atoms with Crippen LogP contribution in [0.15, 0.2) is 23.1 Å². The van der Waals surface area contributed by atoms with Gasteiger partial charge in [-0.3, -0.25) is 4.79 Å². The van der Waals surface area contributed by atoms with Crippen molar-refractivity contribution in [1.29, 1.82) is 0 Å². The van der Waals surface area contributed by atoms with Gasteiger partial charge in [0.05, 0.1) is 10.9 Å². The zero-order chi connectivity index (χ0) is 16.1. The van der Waals surface area contributed by atoms with Gasteiger partial charge >= 0.3 is 6.09 Å². The van der Waals surface area contributed by atoms with Crippen LogP contribution in [-0.2, 0) is 19.6 Å². The number of amides is 2. The molecule has 2 saturated heterocycles. The summed E-state index contributed by atoms with van der Waals surface area (Å²) < 4.78 is 31.0. The van der Waals surface area contributed by atoms with Crippen molar-refractivity contribution < 1.29 is 22.7 Å². The molecule has 0 aliphatic carbocycles. The first-order valence-corrected chi connectivity index (χ1v) is 8.38. The molecular weight excluding hydrogens is 332 g/mol. The predicted octanol–water partition coefficient (Wildman–Crippen LogP) is 1.00. The van der Waals surface area contributed by atoms with Crippen LogP contribution in [0, 0.1) is 6.92 Å². The van der Waals surface area contributed by atoms with Crippen LogP contribution in [-0.4, -0.2) is 55.4 Å². The zero-order valence-electron chi connectivity index (χ0n) is 11.7. The molecule has 0 N–H and O–H groups in total. The van der Waals surface area contributed by atoms with Gasteiger partial charge in [0.1, 0.15) is 0 Å². The summed E-state index contributed by atoms with van der Waals surface area (Å²) in [5.41, 5.74) is 0.476. The lowest BCUT2D eigenvalue weighted by Crippen LogP contribution is -2.62. The zero-order valence-corrected chi connectivity index (χ0v) is 13.2. The second-order valence-corrected chi connectivity index (χ2v) is 7.47. The summed E-state index contributed by atoms with van der Waals surface area (Å²) in [6, 6.07) is 4.20. The summed E-state index contributed by atoms with van der Waals surface area (Å²) in [4.78, 5) is 24.1. The molecule has 2 heterocycles. The number of carbonyl (C=O) groups is 2. The first kappa shape index (κ1) is 15.3. The molecule has 3 rings (SSSR count). The molecule has 2 aliphatic rings. The lowest BCUT2D eigenvalue weighted by molar-refractivity contribution is -0.128. The van der Waals surface area contributed by atoms with E-state index in [2.05, 4.69) is 4.74 Å². The lowest BCUT2D eigenvalue weighted by atomic mass is 10.1. The van der Waals surface area contributed by atoms with E-state index in [0.29, 0.717) is 10.6 Å². The van der Waals surface area contributed by atoms with Crippen LogP contribution in [0.25, 0.3) is 0 Å². The molecule has 1 aromatic rings. The average molecular weight is 345 g/mol. The summed E-state index contributed by atoms with van der Waals surface area (Å²) in [5.74, 6) is -0.439. The van der Waals surface area contributed by atoms with Crippen molar-refractivity contribution in [1.82, 2.24) is 9.21 Å². The van der Waals surface area contributed by atoms with Crippen LogP contribution >= 0.6 is 11.6 Å². The summed E-state index contributed by atoms with van der Waals surface area (Å²) in [6.45, 7) is 1.48. The van der Waals surface area contributed by atoms with Gasteiger partial charge in [-0.05, 0) is 24.6 Å². The number of cyclic esters (lactones) is 1. The third kappa shape index (κ3) is 2.27. The van der Waals surface area contributed by atoms with Crippen molar-refractivity contribution in [3.05, 3.63) is 28.8 Å². The standard InChI is InChI=1S/C13H13ClN2O5S/c1-8-10(14)3-2-4-11(8)22(19,20)15-5-9(6-15)16-12(17)7-21-13(16)18/h2-4,9H,5-7H2,1H3. The number of ether oxygens (including phenoxy) is 1. The van der Waals surface area contributed by atoms with E-state index >= 15 is 0 Å². The smallest absolute Gasteiger partial charge is 0.417 e. The van der Waals surface area contributed by atoms with Crippen molar-refractivity contribution >= 4 is 33.6 Å². The van der Waals surface area contributed by atoms with Crippen molar-refractivity contribution in [2.24, 2.45) is 0 Å². The molecule has 9 heteroatoms. The fourth-order valence-electron chi connectivity index (χ4n) is 2.50. The normalized spacial score (nSPS) is 20.2. The van der Waals surface area contributed by atoms with Crippen molar-refractivity contribution in [2.45, 2.75) is 17.9 Å². The molecule has 118 valence electrons. The second-order valence-electron chi connectivity index (χ2n) is 5.16. The van der Waals surface area contributed by atoms with Gasteiger partial charge in [0.25, 0.3) is 5.91 Å². The molecule has 2 amide bonds. The van der Waals surface area contributed by atoms with Gasteiger partial charge in [-0.15, -0.1) is 0 Å². The van der Waals surface area contributed by atoms with E-state index in [0.717, 1.165) is 4.90 Å². The molecule has 2 aliphatic heterocycles. The highest BCUT2D eigenvalue weighted by molar-refractivity contribution is 7.89. The van der Waals surface area contributed by atoms with E-state index in [-0.39, 0.29) is 24.6 Å². The van der Waals surface area contributed by atoms with Crippen LogP contribution in [0.5, 0.6) is 0 Å². The number of hydrogen-bond acceptors (Lipinski definition) is 5. The molecule has 0 aromatic heterocycles. The molecule has 2 fully saturated rings. The summed E-state index contributed by atoms with van der Waals surface area (Å²) in [6.07, 6.45) is -0.717. The lowest BCUT2D eigenvalue weighted by Gasteiger charge is -2.40. The molecule has 0 unspecified atom stereocenters. The molecule has 0 radical (unpaired) electrons. The number of rotatable bonds is 3. The van der Waals surface area contributed by atoms with Gasteiger partial charge in [0.15, 0.2) is 6.61 Å². The van der Waals surface area contributed by atoms with E-state index < -0.39 is 28.1 Å². The van der Waals surface area contributed by atoms with Gasteiger partial charge < -0.3 is 4.74 Å². The van der Waals surface area contributed by atoms with E-state index in [4.69, 9.17) is 11.6 Å². The monoisotopic (exact) mass is 344 g/mol. The Kier molecular flexibility index (Phi) is 3.62.